The summed E-state index contributed by atoms with van der Waals surface area (Å²) in [6.45, 7) is 1.39. The fraction of sp³-hybridized carbons (Fsp3) is 0.400. The number of carbonyl (C=O) groups is 1. The minimum Gasteiger partial charge on any atom is -0.351 e. The Morgan fingerprint density at radius 2 is 1.82 bits per heavy atom. The SMILES string of the molecule is CCS(=O)(=O)NCCCNC(=O)c1nnn(-c2ccc(F)cc2)c1C(F)(F)F. The molecule has 0 atom stereocenters. The number of benzene rings is 1. The van der Waals surface area contributed by atoms with Gasteiger partial charge in [-0.25, -0.2) is 22.2 Å². The molecular weight excluding hydrogens is 406 g/mol. The Morgan fingerprint density at radius 3 is 2.39 bits per heavy atom. The first-order valence-electron chi connectivity index (χ1n) is 8.09. The van der Waals surface area contributed by atoms with Gasteiger partial charge >= 0.3 is 6.18 Å². The Bertz CT molecular complexity index is 926. The van der Waals surface area contributed by atoms with Crippen LogP contribution >= 0.6 is 0 Å². The Balaban J connectivity index is 2.12. The number of nitrogens with zero attached hydrogens (tertiary/aromatic N) is 3. The van der Waals surface area contributed by atoms with E-state index in [2.05, 4.69) is 20.4 Å². The molecule has 2 N–H and O–H groups in total. The number of alkyl halides is 3. The van der Waals surface area contributed by atoms with Crippen LogP contribution in [-0.2, 0) is 16.2 Å². The molecule has 0 aliphatic heterocycles. The largest absolute Gasteiger partial charge is 0.435 e. The van der Waals surface area contributed by atoms with Crippen LogP contribution < -0.4 is 10.0 Å². The van der Waals surface area contributed by atoms with Crippen LogP contribution in [0.3, 0.4) is 0 Å². The topological polar surface area (TPSA) is 106 Å². The van der Waals surface area contributed by atoms with Gasteiger partial charge in [0.2, 0.25) is 10.0 Å². The number of sulfonamides is 1. The zero-order chi connectivity index (χ0) is 20.9. The molecule has 0 bridgehead atoms. The van der Waals surface area contributed by atoms with Crippen LogP contribution in [0.5, 0.6) is 0 Å². The predicted octanol–water partition coefficient (Wildman–Crippen LogP) is 1.48. The van der Waals surface area contributed by atoms with E-state index in [1.807, 2.05) is 0 Å². The van der Waals surface area contributed by atoms with Gasteiger partial charge in [0.15, 0.2) is 11.4 Å². The van der Waals surface area contributed by atoms with E-state index in [1.165, 1.54) is 6.92 Å². The molecule has 13 heteroatoms. The third-order valence-electron chi connectivity index (χ3n) is 3.57. The summed E-state index contributed by atoms with van der Waals surface area (Å²) in [5, 5.41) is 8.91. The highest BCUT2D eigenvalue weighted by Gasteiger charge is 2.41. The molecule has 154 valence electrons. The van der Waals surface area contributed by atoms with Gasteiger partial charge in [-0.15, -0.1) is 5.10 Å². The van der Waals surface area contributed by atoms with E-state index in [1.54, 1.807) is 0 Å². The van der Waals surface area contributed by atoms with Crippen molar-refractivity contribution in [3.05, 3.63) is 41.5 Å². The van der Waals surface area contributed by atoms with Gasteiger partial charge in [0.25, 0.3) is 5.91 Å². The lowest BCUT2D eigenvalue weighted by Crippen LogP contribution is -2.31. The van der Waals surface area contributed by atoms with Gasteiger partial charge < -0.3 is 5.32 Å². The highest BCUT2D eigenvalue weighted by molar-refractivity contribution is 7.89. The second-order valence-corrected chi connectivity index (χ2v) is 7.68. The lowest BCUT2D eigenvalue weighted by atomic mass is 10.2. The van der Waals surface area contributed by atoms with Crippen molar-refractivity contribution < 1.29 is 30.8 Å². The second kappa shape index (κ2) is 8.65. The van der Waals surface area contributed by atoms with Crippen LogP contribution in [0.4, 0.5) is 17.6 Å². The van der Waals surface area contributed by atoms with E-state index in [0.29, 0.717) is 4.68 Å². The smallest absolute Gasteiger partial charge is 0.351 e. The standard InChI is InChI=1S/C15H17F4N5O3S/c1-2-28(26,27)21-9-3-8-20-14(25)12-13(15(17,18)19)24(23-22-12)11-6-4-10(16)5-7-11/h4-7,21H,2-3,8-9H2,1H3,(H,20,25). The van der Waals surface area contributed by atoms with E-state index in [4.69, 9.17) is 0 Å². The van der Waals surface area contributed by atoms with Crippen molar-refractivity contribution in [3.63, 3.8) is 0 Å². The summed E-state index contributed by atoms with van der Waals surface area (Å²) in [6.07, 6.45) is -4.78. The number of hydrogen-bond acceptors (Lipinski definition) is 5. The highest BCUT2D eigenvalue weighted by atomic mass is 32.2. The average molecular weight is 423 g/mol. The fourth-order valence-corrected chi connectivity index (χ4v) is 2.82. The Labute approximate surface area is 158 Å². The van der Waals surface area contributed by atoms with Gasteiger partial charge in [-0.3, -0.25) is 4.79 Å². The third-order valence-corrected chi connectivity index (χ3v) is 4.97. The van der Waals surface area contributed by atoms with Crippen molar-refractivity contribution in [3.8, 4) is 5.69 Å². The summed E-state index contributed by atoms with van der Waals surface area (Å²) < 4.78 is 78.5. The van der Waals surface area contributed by atoms with Crippen molar-refractivity contribution in [2.45, 2.75) is 19.5 Å². The number of amides is 1. The van der Waals surface area contributed by atoms with Gasteiger partial charge in [0, 0.05) is 13.1 Å². The van der Waals surface area contributed by atoms with Crippen LogP contribution in [0, 0.1) is 5.82 Å². The second-order valence-electron chi connectivity index (χ2n) is 5.58. The molecule has 0 aliphatic rings. The fourth-order valence-electron chi connectivity index (χ4n) is 2.16. The van der Waals surface area contributed by atoms with E-state index in [-0.39, 0.29) is 31.0 Å². The van der Waals surface area contributed by atoms with E-state index in [0.717, 1.165) is 24.3 Å². The Morgan fingerprint density at radius 1 is 1.18 bits per heavy atom. The van der Waals surface area contributed by atoms with Crippen LogP contribution in [0.15, 0.2) is 24.3 Å². The van der Waals surface area contributed by atoms with Crippen LogP contribution in [0.2, 0.25) is 0 Å². The van der Waals surface area contributed by atoms with Crippen molar-refractivity contribution >= 4 is 15.9 Å². The number of aromatic nitrogens is 3. The number of hydrogen-bond donors (Lipinski definition) is 2. The maximum atomic E-state index is 13.4. The summed E-state index contributed by atoms with van der Waals surface area (Å²) >= 11 is 0. The summed E-state index contributed by atoms with van der Waals surface area (Å²) in [5.74, 6) is -1.87. The predicted molar refractivity (Wildman–Crippen MR) is 90.7 cm³/mol. The van der Waals surface area contributed by atoms with Crippen LogP contribution in [0.1, 0.15) is 29.5 Å². The molecule has 0 fully saturated rings. The molecule has 8 nitrogen and oxygen atoms in total. The maximum absolute atomic E-state index is 13.4. The van der Waals surface area contributed by atoms with E-state index < -0.39 is 39.3 Å². The van der Waals surface area contributed by atoms with Gasteiger partial charge in [-0.2, -0.15) is 13.2 Å². The van der Waals surface area contributed by atoms with Crippen molar-refractivity contribution in [1.29, 1.82) is 0 Å². The van der Waals surface area contributed by atoms with Crippen molar-refractivity contribution in [1.82, 2.24) is 25.0 Å². The lowest BCUT2D eigenvalue weighted by molar-refractivity contribution is -0.143. The number of nitrogens with one attached hydrogen (secondary N) is 2. The Kier molecular flexibility index (Phi) is 6.72. The third kappa shape index (κ3) is 5.48. The molecule has 0 saturated carbocycles. The van der Waals surface area contributed by atoms with Crippen molar-refractivity contribution in [2.75, 3.05) is 18.8 Å². The molecule has 28 heavy (non-hydrogen) atoms. The van der Waals surface area contributed by atoms with Gasteiger partial charge in [-0.1, -0.05) is 5.21 Å². The molecular formula is C15H17F4N5O3S. The number of carbonyl (C=O) groups excluding carboxylic acids is 1. The molecule has 1 aromatic heterocycles. The summed E-state index contributed by atoms with van der Waals surface area (Å²) in [4.78, 5) is 12.1. The van der Waals surface area contributed by atoms with Crippen molar-refractivity contribution in [2.24, 2.45) is 0 Å². The molecule has 2 rings (SSSR count). The molecule has 0 aliphatic carbocycles. The molecule has 1 aromatic carbocycles. The van der Waals surface area contributed by atoms with Gasteiger partial charge in [0.1, 0.15) is 5.82 Å². The van der Waals surface area contributed by atoms with Crippen LogP contribution in [-0.4, -0.2) is 48.2 Å². The minimum atomic E-state index is -4.94. The zero-order valence-electron chi connectivity index (χ0n) is 14.6. The average Bonchev–Trinajstić information content (AvgIpc) is 3.07. The molecule has 0 saturated heterocycles. The van der Waals surface area contributed by atoms with Gasteiger partial charge in [0.05, 0.1) is 11.4 Å². The molecule has 1 amide bonds. The molecule has 2 aromatic rings. The summed E-state index contributed by atoms with van der Waals surface area (Å²) in [5.41, 5.74) is -2.46. The van der Waals surface area contributed by atoms with Crippen LogP contribution in [0.25, 0.3) is 5.69 Å². The monoisotopic (exact) mass is 423 g/mol. The normalized spacial score (nSPS) is 12.2. The molecule has 0 spiro atoms. The number of rotatable bonds is 8. The van der Waals surface area contributed by atoms with E-state index >= 15 is 0 Å². The first-order valence-corrected chi connectivity index (χ1v) is 9.74. The zero-order valence-corrected chi connectivity index (χ0v) is 15.4. The lowest BCUT2D eigenvalue weighted by Gasteiger charge is -2.11. The van der Waals surface area contributed by atoms with Gasteiger partial charge in [-0.05, 0) is 37.6 Å². The summed E-state index contributed by atoms with van der Waals surface area (Å²) in [6, 6.07) is 4.05. The quantitative estimate of drug-likeness (QED) is 0.494. The summed E-state index contributed by atoms with van der Waals surface area (Å²) in [7, 11) is -3.39. The first-order chi connectivity index (χ1) is 13.0. The van der Waals surface area contributed by atoms with E-state index in [9.17, 15) is 30.8 Å². The maximum Gasteiger partial charge on any atom is 0.435 e. The molecule has 1 heterocycles. The minimum absolute atomic E-state index is 0.0187. The number of halogens is 4. The first kappa shape index (κ1) is 21.8. The molecule has 0 radical (unpaired) electrons. The Hall–Kier alpha value is -2.54. The highest BCUT2D eigenvalue weighted by Crippen LogP contribution is 2.32. The molecule has 0 unspecified atom stereocenters.